The van der Waals surface area contributed by atoms with Crippen LogP contribution in [0.2, 0.25) is 0 Å². The van der Waals surface area contributed by atoms with Crippen LogP contribution >= 0.6 is 31.9 Å². The standard InChI is InChI=1S/C24H21Br2NO5/c1-13-6-8-14(9-7-13)21(28)12-32-24(31)15-4-2-3-5-20(15)27-22(29)16-10-18(25)19(26)11-17(16)23(27)30/h2-9,16-19H,10-12H2,1H3/t16-,17-,18+,19+/m0/s1. The molecule has 2 aromatic rings. The van der Waals surface area contributed by atoms with Crippen molar-refractivity contribution in [3.05, 3.63) is 65.2 Å². The summed E-state index contributed by atoms with van der Waals surface area (Å²) in [5.41, 5.74) is 1.74. The number of esters is 1. The number of para-hydroxylation sites is 1. The molecule has 2 aliphatic rings. The van der Waals surface area contributed by atoms with Crippen molar-refractivity contribution in [2.45, 2.75) is 29.4 Å². The Morgan fingerprint density at radius 2 is 1.50 bits per heavy atom. The van der Waals surface area contributed by atoms with Gasteiger partial charge in [0, 0.05) is 15.2 Å². The van der Waals surface area contributed by atoms with E-state index in [4.69, 9.17) is 4.74 Å². The van der Waals surface area contributed by atoms with Gasteiger partial charge in [-0.05, 0) is 31.9 Å². The average Bonchev–Trinajstić information content (AvgIpc) is 3.02. The number of Topliss-reactive ketones (excluding diaryl/α,β-unsaturated/α-hetero) is 1. The molecule has 2 aromatic carbocycles. The summed E-state index contributed by atoms with van der Waals surface area (Å²) < 4.78 is 5.25. The number of rotatable bonds is 5. The molecule has 1 saturated carbocycles. The van der Waals surface area contributed by atoms with E-state index in [2.05, 4.69) is 31.9 Å². The second kappa shape index (κ2) is 9.27. The summed E-state index contributed by atoms with van der Waals surface area (Å²) in [5.74, 6) is -2.55. The number of imide groups is 1. The van der Waals surface area contributed by atoms with Gasteiger partial charge in [-0.3, -0.25) is 14.4 Å². The number of nitrogens with zero attached hydrogens (tertiary/aromatic N) is 1. The highest BCUT2D eigenvalue weighted by Crippen LogP contribution is 2.44. The Morgan fingerprint density at radius 3 is 2.09 bits per heavy atom. The fraction of sp³-hybridized carbons (Fsp3) is 0.333. The molecule has 1 aliphatic carbocycles. The predicted octanol–water partition coefficient (Wildman–Crippen LogP) is 4.46. The van der Waals surface area contributed by atoms with Gasteiger partial charge in [-0.15, -0.1) is 0 Å². The second-order valence-electron chi connectivity index (χ2n) is 8.11. The Bertz CT molecular complexity index is 1060. The molecule has 0 unspecified atom stereocenters. The maximum Gasteiger partial charge on any atom is 0.340 e. The van der Waals surface area contributed by atoms with Crippen LogP contribution in [0.1, 0.15) is 39.1 Å². The molecule has 0 radical (unpaired) electrons. The van der Waals surface area contributed by atoms with Crippen LogP contribution in [0.4, 0.5) is 5.69 Å². The zero-order chi connectivity index (χ0) is 23.0. The fourth-order valence-corrected chi connectivity index (χ4v) is 5.44. The zero-order valence-corrected chi connectivity index (χ0v) is 20.5. The first kappa shape index (κ1) is 22.9. The van der Waals surface area contributed by atoms with E-state index >= 15 is 0 Å². The number of carbonyl (C=O) groups excluding carboxylic acids is 4. The Kier molecular flexibility index (Phi) is 6.62. The molecule has 0 bridgehead atoms. The second-order valence-corrected chi connectivity index (χ2v) is 10.5. The van der Waals surface area contributed by atoms with Crippen molar-refractivity contribution >= 4 is 61.1 Å². The van der Waals surface area contributed by atoms with E-state index in [0.29, 0.717) is 18.4 Å². The predicted molar refractivity (Wildman–Crippen MR) is 126 cm³/mol. The minimum Gasteiger partial charge on any atom is -0.454 e. The zero-order valence-electron chi connectivity index (χ0n) is 17.3. The number of halogens is 2. The van der Waals surface area contributed by atoms with Crippen LogP contribution in [-0.2, 0) is 14.3 Å². The van der Waals surface area contributed by atoms with Gasteiger partial charge < -0.3 is 4.74 Å². The van der Waals surface area contributed by atoms with Crippen LogP contribution in [-0.4, -0.2) is 39.8 Å². The van der Waals surface area contributed by atoms with Crippen molar-refractivity contribution in [2.24, 2.45) is 11.8 Å². The summed E-state index contributed by atoms with van der Waals surface area (Å²) in [6.45, 7) is 1.48. The first-order valence-electron chi connectivity index (χ1n) is 10.3. The van der Waals surface area contributed by atoms with Gasteiger partial charge in [0.1, 0.15) is 0 Å². The molecule has 6 nitrogen and oxygen atoms in total. The number of fused-ring (bicyclic) bond motifs is 1. The topological polar surface area (TPSA) is 80.8 Å². The molecule has 2 fully saturated rings. The molecule has 4 rings (SSSR count). The van der Waals surface area contributed by atoms with Gasteiger partial charge in [-0.1, -0.05) is 73.8 Å². The normalized spacial score (nSPS) is 24.9. The summed E-state index contributed by atoms with van der Waals surface area (Å²) >= 11 is 7.15. The van der Waals surface area contributed by atoms with Crippen molar-refractivity contribution in [3.63, 3.8) is 0 Å². The lowest BCUT2D eigenvalue weighted by Gasteiger charge is -2.29. The van der Waals surface area contributed by atoms with E-state index in [-0.39, 0.29) is 38.5 Å². The molecule has 2 amide bonds. The van der Waals surface area contributed by atoms with Crippen LogP contribution in [0.15, 0.2) is 48.5 Å². The van der Waals surface area contributed by atoms with Gasteiger partial charge in [0.05, 0.1) is 23.1 Å². The summed E-state index contributed by atoms with van der Waals surface area (Å²) in [5, 5.41) is 0. The maximum absolute atomic E-state index is 13.1. The SMILES string of the molecule is Cc1ccc(C(=O)COC(=O)c2ccccc2N2C(=O)[C@H]3C[C@@H](Br)[C@H](Br)C[C@@H]3C2=O)cc1. The highest BCUT2D eigenvalue weighted by atomic mass is 79.9. The van der Waals surface area contributed by atoms with Crippen LogP contribution in [0, 0.1) is 18.8 Å². The van der Waals surface area contributed by atoms with Gasteiger partial charge in [0.2, 0.25) is 11.8 Å². The lowest BCUT2D eigenvalue weighted by Crippen LogP contribution is -2.34. The number of ketones is 1. The van der Waals surface area contributed by atoms with Crippen LogP contribution in [0.25, 0.3) is 0 Å². The highest BCUT2D eigenvalue weighted by Gasteiger charge is 2.52. The molecular formula is C24H21Br2NO5. The number of alkyl halides is 2. The van der Waals surface area contributed by atoms with Crippen LogP contribution < -0.4 is 4.90 Å². The summed E-state index contributed by atoms with van der Waals surface area (Å²) in [4.78, 5) is 52.7. The number of aryl methyl sites for hydroxylation is 1. The number of amides is 2. The number of hydrogen-bond donors (Lipinski definition) is 0. The monoisotopic (exact) mass is 561 g/mol. The minimum atomic E-state index is -0.756. The quantitative estimate of drug-likeness (QED) is 0.233. The molecule has 166 valence electrons. The molecule has 0 N–H and O–H groups in total. The van der Waals surface area contributed by atoms with Gasteiger partial charge in [0.15, 0.2) is 12.4 Å². The highest BCUT2D eigenvalue weighted by molar-refractivity contribution is 9.12. The molecule has 0 aromatic heterocycles. The molecule has 4 atom stereocenters. The molecule has 1 heterocycles. The average molecular weight is 563 g/mol. The summed E-state index contributed by atoms with van der Waals surface area (Å²) in [6.07, 6.45) is 1.08. The Balaban J connectivity index is 1.53. The molecule has 8 heteroatoms. The maximum atomic E-state index is 13.1. The number of benzene rings is 2. The number of carbonyl (C=O) groups is 4. The molecule has 1 aliphatic heterocycles. The summed E-state index contributed by atoms with van der Waals surface area (Å²) in [7, 11) is 0. The first-order valence-corrected chi connectivity index (χ1v) is 12.1. The van der Waals surface area contributed by atoms with Crippen LogP contribution in [0.3, 0.4) is 0 Å². The number of ether oxygens (including phenoxy) is 1. The van der Waals surface area contributed by atoms with E-state index < -0.39 is 24.4 Å². The Labute approximate surface area is 202 Å². The van der Waals surface area contributed by atoms with Crippen molar-refractivity contribution in [1.82, 2.24) is 0 Å². The van der Waals surface area contributed by atoms with E-state index in [1.807, 2.05) is 19.1 Å². The Hall–Kier alpha value is -2.32. The Morgan fingerprint density at radius 1 is 0.938 bits per heavy atom. The lowest BCUT2D eigenvalue weighted by atomic mass is 9.81. The van der Waals surface area contributed by atoms with E-state index in [9.17, 15) is 19.2 Å². The molecule has 1 saturated heterocycles. The van der Waals surface area contributed by atoms with E-state index in [1.165, 1.54) is 6.07 Å². The third-order valence-electron chi connectivity index (χ3n) is 5.98. The summed E-state index contributed by atoms with van der Waals surface area (Å²) in [6, 6.07) is 13.3. The number of hydrogen-bond acceptors (Lipinski definition) is 5. The molecule has 0 spiro atoms. The third-order valence-corrected chi connectivity index (χ3v) is 8.72. The van der Waals surface area contributed by atoms with Crippen molar-refractivity contribution in [2.75, 3.05) is 11.5 Å². The third kappa shape index (κ3) is 4.30. The smallest absolute Gasteiger partial charge is 0.340 e. The lowest BCUT2D eigenvalue weighted by molar-refractivity contribution is -0.122. The molecule has 32 heavy (non-hydrogen) atoms. The van der Waals surface area contributed by atoms with Gasteiger partial charge in [0.25, 0.3) is 0 Å². The molecular weight excluding hydrogens is 542 g/mol. The first-order chi connectivity index (χ1) is 15.3. The van der Waals surface area contributed by atoms with Crippen molar-refractivity contribution in [1.29, 1.82) is 0 Å². The van der Waals surface area contributed by atoms with Crippen molar-refractivity contribution < 1.29 is 23.9 Å². The van der Waals surface area contributed by atoms with Crippen LogP contribution in [0.5, 0.6) is 0 Å². The van der Waals surface area contributed by atoms with Gasteiger partial charge in [-0.25, -0.2) is 9.69 Å². The number of anilines is 1. The van der Waals surface area contributed by atoms with E-state index in [0.717, 1.165) is 10.5 Å². The van der Waals surface area contributed by atoms with Gasteiger partial charge >= 0.3 is 5.97 Å². The largest absolute Gasteiger partial charge is 0.454 e. The van der Waals surface area contributed by atoms with Gasteiger partial charge in [-0.2, -0.15) is 0 Å². The van der Waals surface area contributed by atoms with Crippen molar-refractivity contribution in [3.8, 4) is 0 Å². The van der Waals surface area contributed by atoms with E-state index in [1.54, 1.807) is 30.3 Å². The fourth-order valence-electron chi connectivity index (χ4n) is 4.21. The minimum absolute atomic E-state index is 0.0790.